The molecule has 0 bridgehead atoms. The highest BCUT2D eigenvalue weighted by Gasteiger charge is 2.43. The topological polar surface area (TPSA) is 85.5 Å². The molecule has 8 heteroatoms. The molecule has 0 aromatic carbocycles. The number of imidazole rings is 1. The molecule has 5 rings (SSSR count). The smallest absolute Gasteiger partial charge is 0.260 e. The second-order valence-electron chi connectivity index (χ2n) is 7.29. The Hall–Kier alpha value is -2.06. The van der Waals surface area contributed by atoms with Crippen LogP contribution in [0.1, 0.15) is 32.1 Å². The standard InChI is InChI=1S/C18H22N6OS/c19-14-2-1-3-18(14)4-8-23(9-5-18)16-22-12-13(15-20-6-10-24(15)16)26-17-21-7-11-25-17/h6-7,10-12,14H,1-5,8-9,19H2/t14-/m1/s1. The van der Waals surface area contributed by atoms with Crippen LogP contribution in [0.5, 0.6) is 0 Å². The largest absolute Gasteiger partial charge is 0.440 e. The molecule has 2 N–H and O–H groups in total. The molecule has 1 aliphatic heterocycles. The van der Waals surface area contributed by atoms with Gasteiger partial charge in [-0.25, -0.2) is 15.0 Å². The van der Waals surface area contributed by atoms with Crippen molar-refractivity contribution in [3.8, 4) is 0 Å². The zero-order valence-electron chi connectivity index (χ0n) is 14.5. The van der Waals surface area contributed by atoms with Crippen molar-refractivity contribution in [3.05, 3.63) is 31.1 Å². The summed E-state index contributed by atoms with van der Waals surface area (Å²) in [6.07, 6.45) is 14.9. The first-order chi connectivity index (χ1) is 12.8. The molecule has 1 spiro atoms. The number of anilines is 1. The summed E-state index contributed by atoms with van der Waals surface area (Å²) in [6, 6.07) is 0.366. The normalized spacial score (nSPS) is 22.5. The van der Waals surface area contributed by atoms with Gasteiger partial charge in [0.1, 0.15) is 6.26 Å². The summed E-state index contributed by atoms with van der Waals surface area (Å²) in [5.74, 6) is 0.954. The molecule has 1 saturated carbocycles. The number of rotatable bonds is 3. The molecule has 1 atom stereocenters. The van der Waals surface area contributed by atoms with E-state index in [1.54, 1.807) is 12.5 Å². The Bertz CT molecular complexity index is 900. The molecule has 2 fully saturated rings. The molecular weight excluding hydrogens is 348 g/mol. The Kier molecular flexibility index (Phi) is 3.90. The van der Waals surface area contributed by atoms with Crippen LogP contribution >= 0.6 is 11.8 Å². The Morgan fingerprint density at radius 3 is 2.77 bits per heavy atom. The van der Waals surface area contributed by atoms with Crippen LogP contribution in [0, 0.1) is 5.41 Å². The monoisotopic (exact) mass is 370 g/mol. The number of fused-ring (bicyclic) bond motifs is 1. The number of nitrogens with zero attached hydrogens (tertiary/aromatic N) is 5. The first-order valence-electron chi connectivity index (χ1n) is 9.15. The molecule has 3 aromatic rings. The lowest BCUT2D eigenvalue weighted by atomic mass is 9.74. The van der Waals surface area contributed by atoms with Crippen LogP contribution in [-0.2, 0) is 0 Å². The summed E-state index contributed by atoms with van der Waals surface area (Å²) in [6.45, 7) is 2.00. The molecule has 3 aromatic heterocycles. The number of nitrogens with two attached hydrogens (primary N) is 1. The highest BCUT2D eigenvalue weighted by atomic mass is 32.2. The minimum atomic E-state index is 0.352. The van der Waals surface area contributed by atoms with Crippen LogP contribution in [0.25, 0.3) is 5.65 Å². The maximum absolute atomic E-state index is 6.42. The van der Waals surface area contributed by atoms with Gasteiger partial charge in [-0.05, 0) is 42.9 Å². The highest BCUT2D eigenvalue weighted by Crippen LogP contribution is 2.46. The van der Waals surface area contributed by atoms with E-state index < -0.39 is 0 Å². The van der Waals surface area contributed by atoms with Gasteiger partial charge in [0.2, 0.25) is 5.95 Å². The maximum Gasteiger partial charge on any atom is 0.260 e. The van der Waals surface area contributed by atoms with Crippen molar-refractivity contribution >= 4 is 23.4 Å². The average molecular weight is 370 g/mol. The van der Waals surface area contributed by atoms with Gasteiger partial charge in [-0.2, -0.15) is 0 Å². The Labute approximate surface area is 156 Å². The van der Waals surface area contributed by atoms with Gasteiger partial charge in [0.05, 0.1) is 11.1 Å². The molecule has 136 valence electrons. The average Bonchev–Trinajstić information content (AvgIpc) is 3.39. The van der Waals surface area contributed by atoms with E-state index in [2.05, 4.69) is 19.3 Å². The Morgan fingerprint density at radius 1 is 1.15 bits per heavy atom. The second kappa shape index (κ2) is 6.28. The Morgan fingerprint density at radius 2 is 2.04 bits per heavy atom. The highest BCUT2D eigenvalue weighted by molar-refractivity contribution is 7.99. The Balaban J connectivity index is 1.41. The van der Waals surface area contributed by atoms with E-state index in [-0.39, 0.29) is 0 Å². The molecule has 0 unspecified atom stereocenters. The van der Waals surface area contributed by atoms with E-state index in [4.69, 9.17) is 15.1 Å². The van der Waals surface area contributed by atoms with Gasteiger partial charge in [0, 0.05) is 37.7 Å². The van der Waals surface area contributed by atoms with Gasteiger partial charge in [0.15, 0.2) is 5.65 Å². The molecular formula is C18H22N6OS. The van der Waals surface area contributed by atoms with Crippen molar-refractivity contribution in [1.82, 2.24) is 19.4 Å². The second-order valence-corrected chi connectivity index (χ2v) is 8.28. The summed E-state index contributed by atoms with van der Waals surface area (Å²) < 4.78 is 7.41. The van der Waals surface area contributed by atoms with Crippen LogP contribution in [0.15, 0.2) is 45.6 Å². The van der Waals surface area contributed by atoms with E-state index in [0.29, 0.717) is 16.7 Å². The predicted octanol–water partition coefficient (Wildman–Crippen LogP) is 2.97. The molecule has 26 heavy (non-hydrogen) atoms. The third kappa shape index (κ3) is 2.59. The minimum Gasteiger partial charge on any atom is -0.440 e. The van der Waals surface area contributed by atoms with E-state index in [1.807, 2.05) is 18.6 Å². The third-order valence-corrected chi connectivity index (χ3v) is 6.88. The van der Waals surface area contributed by atoms with E-state index in [9.17, 15) is 0 Å². The number of oxazole rings is 1. The molecule has 7 nitrogen and oxygen atoms in total. The number of hydrogen-bond donors (Lipinski definition) is 1. The SMILES string of the molecule is N[C@@H]1CCCC12CCN(c1ncc(Sc3ncco3)c3nccn13)CC2. The van der Waals surface area contributed by atoms with Crippen LogP contribution < -0.4 is 10.6 Å². The van der Waals surface area contributed by atoms with Gasteiger partial charge in [0.25, 0.3) is 5.22 Å². The van der Waals surface area contributed by atoms with Crippen molar-refractivity contribution in [1.29, 1.82) is 0 Å². The molecule has 2 aliphatic rings. The van der Waals surface area contributed by atoms with Crippen LogP contribution in [-0.4, -0.2) is 38.5 Å². The summed E-state index contributed by atoms with van der Waals surface area (Å²) in [7, 11) is 0. The maximum atomic E-state index is 6.42. The zero-order chi connectivity index (χ0) is 17.6. The minimum absolute atomic E-state index is 0.352. The quantitative estimate of drug-likeness (QED) is 0.758. The lowest BCUT2D eigenvalue weighted by Gasteiger charge is -2.42. The summed E-state index contributed by atoms with van der Waals surface area (Å²) in [4.78, 5) is 16.7. The molecule has 4 heterocycles. The first kappa shape index (κ1) is 16.1. The summed E-state index contributed by atoms with van der Waals surface area (Å²) in [5, 5.41) is 0.597. The molecule has 0 radical (unpaired) electrons. The fourth-order valence-corrected chi connectivity index (χ4v) is 5.24. The first-order valence-corrected chi connectivity index (χ1v) is 9.97. The number of piperidine rings is 1. The molecule has 0 amide bonds. The van der Waals surface area contributed by atoms with Gasteiger partial charge >= 0.3 is 0 Å². The molecule has 1 saturated heterocycles. The van der Waals surface area contributed by atoms with Gasteiger partial charge in [-0.15, -0.1) is 0 Å². The molecule has 1 aliphatic carbocycles. The van der Waals surface area contributed by atoms with Crippen molar-refractivity contribution in [2.24, 2.45) is 11.1 Å². The van der Waals surface area contributed by atoms with Crippen LogP contribution in [0.2, 0.25) is 0 Å². The van der Waals surface area contributed by atoms with Gasteiger partial charge in [-0.1, -0.05) is 6.42 Å². The summed E-state index contributed by atoms with van der Waals surface area (Å²) in [5.41, 5.74) is 7.66. The van der Waals surface area contributed by atoms with Gasteiger partial charge < -0.3 is 15.1 Å². The van der Waals surface area contributed by atoms with E-state index in [0.717, 1.165) is 42.4 Å². The third-order valence-electron chi connectivity index (χ3n) is 6.00. The summed E-state index contributed by atoms with van der Waals surface area (Å²) >= 11 is 1.44. The zero-order valence-corrected chi connectivity index (χ0v) is 15.4. The van der Waals surface area contributed by atoms with Crippen LogP contribution in [0.3, 0.4) is 0 Å². The van der Waals surface area contributed by atoms with Crippen LogP contribution in [0.4, 0.5) is 5.95 Å². The number of aromatic nitrogens is 4. The number of hydrogen-bond acceptors (Lipinski definition) is 7. The predicted molar refractivity (Wildman–Crippen MR) is 99.3 cm³/mol. The van der Waals surface area contributed by atoms with Crippen molar-refractivity contribution in [2.45, 2.75) is 48.3 Å². The fraction of sp³-hybridized carbons (Fsp3) is 0.500. The van der Waals surface area contributed by atoms with Crippen molar-refractivity contribution in [3.63, 3.8) is 0 Å². The lowest BCUT2D eigenvalue weighted by Crippen LogP contribution is -2.47. The van der Waals surface area contributed by atoms with E-state index >= 15 is 0 Å². The fourth-order valence-electron chi connectivity index (χ4n) is 4.48. The van der Waals surface area contributed by atoms with Gasteiger partial charge in [-0.3, -0.25) is 4.40 Å². The lowest BCUT2D eigenvalue weighted by molar-refractivity contribution is 0.197. The van der Waals surface area contributed by atoms with Crippen molar-refractivity contribution < 1.29 is 4.42 Å². The van der Waals surface area contributed by atoms with E-state index in [1.165, 1.54) is 31.0 Å². The van der Waals surface area contributed by atoms with Crippen molar-refractivity contribution in [2.75, 3.05) is 18.0 Å².